The van der Waals surface area contributed by atoms with Gasteiger partial charge < -0.3 is 26.1 Å². The molecule has 0 aromatic heterocycles. The van der Waals surface area contributed by atoms with Crippen molar-refractivity contribution < 1.29 is 18.8 Å². The first kappa shape index (κ1) is 18.3. The molecule has 0 bridgehead atoms. The highest BCUT2D eigenvalue weighted by Gasteiger charge is 2.34. The van der Waals surface area contributed by atoms with Gasteiger partial charge in [0.15, 0.2) is 6.61 Å². The first-order chi connectivity index (χ1) is 14.6. The van der Waals surface area contributed by atoms with E-state index in [0.29, 0.717) is 22.7 Å². The van der Waals surface area contributed by atoms with Gasteiger partial charge in [-0.15, -0.1) is 0 Å². The Balaban J connectivity index is 1.49. The lowest BCUT2D eigenvalue weighted by Gasteiger charge is -2.27. The normalized spacial score (nSPS) is 20.8. The second-order valence-electron chi connectivity index (χ2n) is 7.20. The Morgan fingerprint density at radius 3 is 2.73 bits per heavy atom. The van der Waals surface area contributed by atoms with Gasteiger partial charge in [-0.3, -0.25) is 9.59 Å². The average Bonchev–Trinajstić information content (AvgIpc) is 3.21. The fraction of sp³-hybridized carbons (Fsp3) is 0.190. The van der Waals surface area contributed by atoms with Crippen LogP contribution in [-0.2, 0) is 14.4 Å². The van der Waals surface area contributed by atoms with Crippen LogP contribution in [0.3, 0.4) is 0 Å². The molecule has 0 unspecified atom stereocenters. The van der Waals surface area contributed by atoms with Crippen molar-refractivity contribution in [1.29, 1.82) is 0 Å². The Bertz CT molecular complexity index is 1120. The fourth-order valence-corrected chi connectivity index (χ4v) is 3.61. The van der Waals surface area contributed by atoms with Crippen molar-refractivity contribution in [2.75, 3.05) is 30.3 Å². The number of nitrogens with zero attached hydrogens (tertiary/aromatic N) is 1. The zero-order chi connectivity index (χ0) is 20.7. The molecule has 2 amide bonds. The summed E-state index contributed by atoms with van der Waals surface area (Å²) in [6.45, 7) is 1.22. The predicted molar refractivity (Wildman–Crippen MR) is 109 cm³/mol. The van der Waals surface area contributed by atoms with E-state index < -0.39 is 5.82 Å². The number of anilines is 2. The first-order valence-electron chi connectivity index (χ1n) is 9.52. The number of hydrogen-bond donors (Lipinski definition) is 4. The molecule has 0 spiro atoms. The van der Waals surface area contributed by atoms with Crippen LogP contribution in [0.25, 0.3) is 5.57 Å². The van der Waals surface area contributed by atoms with Crippen LogP contribution in [0.4, 0.5) is 15.8 Å². The molecule has 4 N–H and O–H groups in total. The number of hydrogen-bond acceptors (Lipinski definition) is 6. The summed E-state index contributed by atoms with van der Waals surface area (Å²) in [5.74, 6) is -1.09. The van der Waals surface area contributed by atoms with Gasteiger partial charge in [-0.05, 0) is 24.3 Å². The van der Waals surface area contributed by atoms with Crippen molar-refractivity contribution in [2.45, 2.75) is 6.04 Å². The average molecular weight is 407 g/mol. The number of allylic oxidation sites excluding steroid dienone is 1. The van der Waals surface area contributed by atoms with E-state index in [1.807, 2.05) is 24.3 Å². The molecule has 8 nitrogen and oxygen atoms in total. The predicted octanol–water partition coefficient (Wildman–Crippen LogP) is 1.42. The van der Waals surface area contributed by atoms with Crippen molar-refractivity contribution in [3.05, 3.63) is 65.1 Å². The second-order valence-corrected chi connectivity index (χ2v) is 7.20. The van der Waals surface area contributed by atoms with E-state index in [1.165, 1.54) is 18.2 Å². The van der Waals surface area contributed by atoms with Gasteiger partial charge in [0, 0.05) is 35.6 Å². The molecule has 3 heterocycles. The van der Waals surface area contributed by atoms with Gasteiger partial charge >= 0.3 is 0 Å². The summed E-state index contributed by atoms with van der Waals surface area (Å²) in [4.78, 5) is 30.0. The molecule has 0 radical (unpaired) electrons. The van der Waals surface area contributed by atoms with Crippen LogP contribution in [0.1, 0.15) is 11.1 Å². The van der Waals surface area contributed by atoms with Crippen LogP contribution < -0.4 is 21.3 Å². The number of benzene rings is 2. The van der Waals surface area contributed by atoms with Crippen molar-refractivity contribution in [3.63, 3.8) is 0 Å². The summed E-state index contributed by atoms with van der Waals surface area (Å²) in [5, 5.41) is 16.0. The molecule has 9 heteroatoms. The van der Waals surface area contributed by atoms with Gasteiger partial charge in [-0.2, -0.15) is 0 Å². The van der Waals surface area contributed by atoms with E-state index >= 15 is 0 Å². The molecule has 5 rings (SSSR count). The molecule has 0 atom stereocenters. The lowest BCUT2D eigenvalue weighted by Crippen LogP contribution is -2.57. The Morgan fingerprint density at radius 1 is 1.13 bits per heavy atom. The maximum Gasteiger partial charge on any atom is 0.261 e. The van der Waals surface area contributed by atoms with E-state index in [0.717, 1.165) is 24.3 Å². The number of fused-ring (bicyclic) bond motifs is 2. The first-order valence-corrected chi connectivity index (χ1v) is 9.52. The summed E-state index contributed by atoms with van der Waals surface area (Å²) < 4.78 is 13.9. The smallest absolute Gasteiger partial charge is 0.261 e. The number of oxime groups is 1. The fourth-order valence-electron chi connectivity index (χ4n) is 3.61. The molecule has 3 aliphatic rings. The summed E-state index contributed by atoms with van der Waals surface area (Å²) >= 11 is 0. The lowest BCUT2D eigenvalue weighted by atomic mass is 10.0. The van der Waals surface area contributed by atoms with E-state index in [-0.39, 0.29) is 30.0 Å². The molecule has 2 aromatic rings. The Kier molecular flexibility index (Phi) is 4.44. The maximum absolute atomic E-state index is 13.9. The van der Waals surface area contributed by atoms with Gasteiger partial charge in [0.05, 0.1) is 17.3 Å². The number of carbonyl (C=O) groups excluding carboxylic acids is 2. The summed E-state index contributed by atoms with van der Waals surface area (Å²) in [7, 11) is 0. The molecule has 30 heavy (non-hydrogen) atoms. The Hall–Kier alpha value is -3.72. The van der Waals surface area contributed by atoms with Gasteiger partial charge in [-0.25, -0.2) is 4.39 Å². The van der Waals surface area contributed by atoms with E-state index in [2.05, 4.69) is 26.4 Å². The third kappa shape index (κ3) is 3.18. The van der Waals surface area contributed by atoms with Crippen LogP contribution in [0.5, 0.6) is 0 Å². The molecular formula is C21H18FN5O3. The summed E-state index contributed by atoms with van der Waals surface area (Å²) in [5.41, 5.74) is 3.49. The van der Waals surface area contributed by atoms with Gasteiger partial charge in [0.2, 0.25) is 0 Å². The van der Waals surface area contributed by atoms with Crippen molar-refractivity contribution in [2.24, 2.45) is 5.16 Å². The quantitative estimate of drug-likeness (QED) is 0.454. The minimum atomic E-state index is -0.448. The molecule has 0 aliphatic carbocycles. The molecule has 0 saturated carbocycles. The zero-order valence-electron chi connectivity index (χ0n) is 15.8. The minimum Gasteiger partial charge on any atom is -0.385 e. The highest BCUT2D eigenvalue weighted by Crippen LogP contribution is 2.39. The summed E-state index contributed by atoms with van der Waals surface area (Å²) in [6.07, 6.45) is 0. The molecule has 2 aromatic carbocycles. The third-order valence-electron chi connectivity index (χ3n) is 5.15. The molecule has 1 saturated heterocycles. The Morgan fingerprint density at radius 2 is 1.93 bits per heavy atom. The van der Waals surface area contributed by atoms with Gasteiger partial charge in [-0.1, -0.05) is 23.4 Å². The monoisotopic (exact) mass is 407 g/mol. The lowest BCUT2D eigenvalue weighted by molar-refractivity contribution is -0.126. The standard InChI is InChI=1S/C21H18FN5O3/c22-11-5-6-16-14(7-11)18(21(29)26-16)20-19(13-3-1-2-4-15(13)25-20)27-30-10-17(28)24-12-8-23-9-12/h1-7,12,23,25H,8-10H2,(H,24,28)(H,26,29)/b20-18+,27-19+. The van der Waals surface area contributed by atoms with Crippen molar-refractivity contribution in [1.82, 2.24) is 10.6 Å². The van der Waals surface area contributed by atoms with Crippen LogP contribution in [0.15, 0.2) is 53.3 Å². The molecule has 3 aliphatic heterocycles. The van der Waals surface area contributed by atoms with E-state index in [1.54, 1.807) is 0 Å². The number of halogens is 1. The summed E-state index contributed by atoms with van der Waals surface area (Å²) in [6, 6.07) is 11.6. The largest absolute Gasteiger partial charge is 0.385 e. The zero-order valence-corrected chi connectivity index (χ0v) is 15.8. The SMILES string of the molecule is O=C(CO/N=C1/C(=C2\C(=O)Nc3ccc(F)cc32)Nc2ccccc21)NC1CNC1. The highest BCUT2D eigenvalue weighted by molar-refractivity contribution is 6.39. The second kappa shape index (κ2) is 7.27. The number of carbonyl (C=O) groups is 2. The molecule has 1 fully saturated rings. The van der Waals surface area contributed by atoms with Crippen molar-refractivity contribution >= 4 is 34.5 Å². The third-order valence-corrected chi connectivity index (χ3v) is 5.15. The minimum absolute atomic E-state index is 0.105. The molecular weight excluding hydrogens is 389 g/mol. The van der Waals surface area contributed by atoms with Crippen LogP contribution in [-0.4, -0.2) is 43.3 Å². The van der Waals surface area contributed by atoms with E-state index in [4.69, 9.17) is 4.84 Å². The van der Waals surface area contributed by atoms with Crippen LogP contribution in [0.2, 0.25) is 0 Å². The Labute approximate surface area is 171 Å². The van der Waals surface area contributed by atoms with Crippen LogP contribution >= 0.6 is 0 Å². The van der Waals surface area contributed by atoms with E-state index in [9.17, 15) is 14.0 Å². The number of amides is 2. The van der Waals surface area contributed by atoms with Crippen LogP contribution in [0, 0.1) is 5.82 Å². The van der Waals surface area contributed by atoms with Gasteiger partial charge in [0.25, 0.3) is 11.8 Å². The number of nitrogens with one attached hydrogen (secondary N) is 4. The van der Waals surface area contributed by atoms with Crippen molar-refractivity contribution in [3.8, 4) is 0 Å². The number of rotatable bonds is 4. The highest BCUT2D eigenvalue weighted by atomic mass is 19.1. The maximum atomic E-state index is 13.9. The van der Waals surface area contributed by atoms with Gasteiger partial charge in [0.1, 0.15) is 11.5 Å². The topological polar surface area (TPSA) is 104 Å². The number of para-hydroxylation sites is 1. The molecule has 152 valence electrons.